The number of aromatic nitrogens is 2. The molecule has 1 aromatic carbocycles. The van der Waals surface area contributed by atoms with E-state index in [4.69, 9.17) is 4.74 Å². The lowest BCUT2D eigenvalue weighted by atomic mass is 9.98. The summed E-state index contributed by atoms with van der Waals surface area (Å²) in [6.45, 7) is 3.32. The molecule has 7 nitrogen and oxygen atoms in total. The lowest BCUT2D eigenvalue weighted by molar-refractivity contribution is 0.0141. The third kappa shape index (κ3) is 2.69. The average molecular weight is 328 g/mol. The van der Waals surface area contributed by atoms with E-state index in [1.165, 1.54) is 16.8 Å². The minimum Gasteiger partial charge on any atom is -0.478 e. The molecular formula is C17H16N2O5. The number of hydrogen-bond acceptors (Lipinski definition) is 4. The maximum absolute atomic E-state index is 11.9. The Labute approximate surface area is 136 Å². The first-order valence-corrected chi connectivity index (χ1v) is 7.37. The molecule has 0 spiro atoms. The summed E-state index contributed by atoms with van der Waals surface area (Å²) < 4.78 is 7.16. The van der Waals surface area contributed by atoms with Crippen LogP contribution in [0, 0.1) is 13.8 Å². The fraction of sp³-hybridized carbons (Fsp3) is 0.235. The van der Waals surface area contributed by atoms with Crippen LogP contribution in [-0.4, -0.2) is 20.6 Å². The van der Waals surface area contributed by atoms with Gasteiger partial charge in [-0.15, -0.1) is 0 Å². The highest BCUT2D eigenvalue weighted by atomic mass is 16.5. The van der Waals surface area contributed by atoms with Gasteiger partial charge in [0, 0.05) is 11.8 Å². The van der Waals surface area contributed by atoms with Gasteiger partial charge in [0.2, 0.25) is 0 Å². The summed E-state index contributed by atoms with van der Waals surface area (Å²) in [6, 6.07) is 4.99. The lowest BCUT2D eigenvalue weighted by Crippen LogP contribution is -2.33. The van der Waals surface area contributed by atoms with Crippen LogP contribution in [0.25, 0.3) is 0 Å². The Kier molecular flexibility index (Phi) is 3.94. The zero-order chi connectivity index (χ0) is 17.4. The van der Waals surface area contributed by atoms with Gasteiger partial charge in [0.15, 0.2) is 6.23 Å². The molecule has 0 unspecified atom stereocenters. The number of aromatic carboxylic acids is 1. The van der Waals surface area contributed by atoms with Crippen molar-refractivity contribution in [3.63, 3.8) is 0 Å². The minimum atomic E-state index is -1.000. The van der Waals surface area contributed by atoms with Gasteiger partial charge in [0.1, 0.15) is 6.10 Å². The van der Waals surface area contributed by atoms with Gasteiger partial charge in [-0.3, -0.25) is 14.3 Å². The molecule has 2 N–H and O–H groups in total. The number of carbonyl (C=O) groups is 1. The van der Waals surface area contributed by atoms with Crippen molar-refractivity contribution in [1.82, 2.24) is 9.55 Å². The van der Waals surface area contributed by atoms with Crippen molar-refractivity contribution in [3.8, 4) is 0 Å². The second-order valence-electron chi connectivity index (χ2n) is 5.64. The number of nitrogens with zero attached hydrogens (tertiary/aromatic N) is 1. The van der Waals surface area contributed by atoms with Crippen LogP contribution >= 0.6 is 0 Å². The maximum atomic E-state index is 11.9. The molecule has 0 aliphatic carbocycles. The van der Waals surface area contributed by atoms with Gasteiger partial charge in [-0.05, 0) is 37.1 Å². The zero-order valence-electron chi connectivity index (χ0n) is 13.1. The molecular weight excluding hydrogens is 312 g/mol. The third-order valence-corrected chi connectivity index (χ3v) is 4.07. The van der Waals surface area contributed by atoms with Gasteiger partial charge in [0.25, 0.3) is 5.56 Å². The van der Waals surface area contributed by atoms with Crippen LogP contribution < -0.4 is 11.2 Å². The second kappa shape index (κ2) is 5.93. The first-order chi connectivity index (χ1) is 11.4. The first kappa shape index (κ1) is 15.9. The maximum Gasteiger partial charge on any atom is 0.335 e. The lowest BCUT2D eigenvalue weighted by Gasteiger charge is -2.18. The number of benzene rings is 1. The molecule has 1 aliphatic rings. The Morgan fingerprint density at radius 3 is 2.71 bits per heavy atom. The Balaban J connectivity index is 1.93. The van der Waals surface area contributed by atoms with Gasteiger partial charge >= 0.3 is 11.7 Å². The molecule has 124 valence electrons. The van der Waals surface area contributed by atoms with Crippen molar-refractivity contribution in [2.75, 3.05) is 0 Å². The number of carboxylic acids is 1. The summed E-state index contributed by atoms with van der Waals surface area (Å²) in [4.78, 5) is 36.9. The van der Waals surface area contributed by atoms with Gasteiger partial charge in [-0.25, -0.2) is 9.59 Å². The minimum absolute atomic E-state index is 0.213. The fourth-order valence-electron chi connectivity index (χ4n) is 2.74. The van der Waals surface area contributed by atoms with Gasteiger partial charge < -0.3 is 9.84 Å². The predicted octanol–water partition coefficient (Wildman–Crippen LogP) is 1.68. The standard InChI is InChI=1S/C17H16N2O5/c1-9-8-19(17(23)18-15(9)20)14-7-6-13(24-14)11-4-3-5-12(10(11)2)16(21)22/h3-8,13-14H,1-2H3,(H,21,22)(H,18,20,23)/t13-,14+/m0/s1. The van der Waals surface area contributed by atoms with Gasteiger partial charge in [-0.2, -0.15) is 0 Å². The van der Waals surface area contributed by atoms with Crippen LogP contribution in [0.1, 0.15) is 39.4 Å². The molecule has 0 bridgehead atoms. The van der Waals surface area contributed by atoms with Crippen molar-refractivity contribution in [1.29, 1.82) is 0 Å². The van der Waals surface area contributed by atoms with Crippen molar-refractivity contribution in [3.05, 3.63) is 79.6 Å². The number of aromatic amines is 1. The Morgan fingerprint density at radius 2 is 2.00 bits per heavy atom. The molecule has 2 heterocycles. The number of aryl methyl sites for hydroxylation is 1. The molecule has 0 radical (unpaired) electrons. The van der Waals surface area contributed by atoms with E-state index in [1.807, 2.05) is 0 Å². The normalized spacial score (nSPS) is 19.6. The van der Waals surface area contributed by atoms with E-state index >= 15 is 0 Å². The van der Waals surface area contributed by atoms with Crippen LogP contribution in [0.15, 0.2) is 46.1 Å². The van der Waals surface area contributed by atoms with E-state index < -0.39 is 29.6 Å². The molecule has 1 aromatic heterocycles. The van der Waals surface area contributed by atoms with Crippen molar-refractivity contribution >= 4 is 5.97 Å². The highest BCUT2D eigenvalue weighted by molar-refractivity contribution is 5.89. The fourth-order valence-corrected chi connectivity index (χ4v) is 2.74. The Morgan fingerprint density at radius 1 is 1.25 bits per heavy atom. The number of ether oxygens (including phenoxy) is 1. The SMILES string of the molecule is Cc1c(C(=O)O)cccc1[C@@H]1C=C[C@H](n2cc(C)c(=O)[nH]c2=O)O1. The van der Waals surface area contributed by atoms with Crippen LogP contribution in [0.3, 0.4) is 0 Å². The van der Waals surface area contributed by atoms with Crippen molar-refractivity contribution in [2.24, 2.45) is 0 Å². The summed E-state index contributed by atoms with van der Waals surface area (Å²) in [6.07, 6.45) is 3.79. The highest BCUT2D eigenvalue weighted by Gasteiger charge is 2.25. The van der Waals surface area contributed by atoms with E-state index in [-0.39, 0.29) is 5.56 Å². The molecule has 0 fully saturated rings. The third-order valence-electron chi connectivity index (χ3n) is 4.07. The van der Waals surface area contributed by atoms with Crippen molar-refractivity contribution < 1.29 is 14.6 Å². The number of nitrogens with one attached hydrogen (secondary N) is 1. The number of H-pyrrole nitrogens is 1. The summed E-state index contributed by atoms with van der Waals surface area (Å²) in [5.74, 6) is -1.000. The predicted molar refractivity (Wildman–Crippen MR) is 86.2 cm³/mol. The summed E-state index contributed by atoms with van der Waals surface area (Å²) in [5, 5.41) is 9.22. The summed E-state index contributed by atoms with van der Waals surface area (Å²) in [5.41, 5.74) is 0.967. The average Bonchev–Trinajstić information content (AvgIpc) is 3.00. The molecule has 0 amide bonds. The van der Waals surface area contributed by atoms with Gasteiger partial charge in [-0.1, -0.05) is 18.2 Å². The molecule has 0 saturated carbocycles. The molecule has 24 heavy (non-hydrogen) atoms. The van der Waals surface area contributed by atoms with E-state index in [0.29, 0.717) is 11.1 Å². The van der Waals surface area contributed by atoms with E-state index in [1.54, 1.807) is 38.1 Å². The number of carboxylic acid groups (broad SMARTS) is 1. The quantitative estimate of drug-likeness (QED) is 0.835. The summed E-state index contributed by atoms with van der Waals surface area (Å²) >= 11 is 0. The van der Waals surface area contributed by atoms with Crippen LogP contribution in [0.4, 0.5) is 0 Å². The van der Waals surface area contributed by atoms with Crippen LogP contribution in [0.5, 0.6) is 0 Å². The van der Waals surface area contributed by atoms with Crippen molar-refractivity contribution in [2.45, 2.75) is 26.2 Å². The largest absolute Gasteiger partial charge is 0.478 e. The first-order valence-electron chi connectivity index (χ1n) is 7.37. The smallest absolute Gasteiger partial charge is 0.335 e. The van der Waals surface area contributed by atoms with Crippen LogP contribution in [-0.2, 0) is 4.74 Å². The Bertz CT molecular complexity index is 954. The molecule has 3 rings (SSSR count). The monoisotopic (exact) mass is 328 g/mol. The molecule has 1 aliphatic heterocycles. The summed E-state index contributed by atoms with van der Waals surface area (Å²) in [7, 11) is 0. The van der Waals surface area contributed by atoms with Gasteiger partial charge in [0.05, 0.1) is 5.56 Å². The number of hydrogen-bond donors (Lipinski definition) is 2. The molecule has 0 saturated heterocycles. The van der Waals surface area contributed by atoms with E-state index in [0.717, 1.165) is 5.56 Å². The Hall–Kier alpha value is -2.93. The molecule has 7 heteroatoms. The van der Waals surface area contributed by atoms with Crippen LogP contribution in [0.2, 0.25) is 0 Å². The second-order valence-corrected chi connectivity index (χ2v) is 5.64. The number of rotatable bonds is 3. The van der Waals surface area contributed by atoms with E-state index in [2.05, 4.69) is 4.98 Å². The highest BCUT2D eigenvalue weighted by Crippen LogP contribution is 2.33. The van der Waals surface area contributed by atoms with E-state index in [9.17, 15) is 19.5 Å². The topological polar surface area (TPSA) is 101 Å². The molecule has 2 atom stereocenters. The zero-order valence-corrected chi connectivity index (χ0v) is 13.1. The molecule has 2 aromatic rings.